The zero-order valence-electron chi connectivity index (χ0n) is 10.8. The highest BCUT2D eigenvalue weighted by Crippen LogP contribution is 2.28. The molecule has 0 aliphatic heterocycles. The van der Waals surface area contributed by atoms with Gasteiger partial charge in [0, 0.05) is 6.20 Å². The van der Waals surface area contributed by atoms with E-state index in [0.717, 1.165) is 16.9 Å². The molecule has 1 heterocycles. The second kappa shape index (κ2) is 5.14. The molecule has 0 radical (unpaired) electrons. The first-order valence-electron chi connectivity index (χ1n) is 5.77. The molecule has 4 heteroatoms. The summed E-state index contributed by atoms with van der Waals surface area (Å²) in [6, 6.07) is 4.07. The standard InChI is InChI=1S/C14H16N2O2/c1-9-4-10(2)11(3)13(5-9)18-14-12(7-17)6-15-8-16-14/h4-6,8,17H,7H2,1-3H3. The Labute approximate surface area is 106 Å². The number of hydrogen-bond acceptors (Lipinski definition) is 4. The van der Waals surface area contributed by atoms with Gasteiger partial charge in [-0.1, -0.05) is 6.07 Å². The Morgan fingerprint density at radius 1 is 1.22 bits per heavy atom. The minimum absolute atomic E-state index is 0.139. The number of rotatable bonds is 3. The first-order chi connectivity index (χ1) is 8.61. The fraction of sp³-hybridized carbons (Fsp3) is 0.286. The van der Waals surface area contributed by atoms with Crippen molar-refractivity contribution in [2.24, 2.45) is 0 Å². The van der Waals surface area contributed by atoms with Crippen molar-refractivity contribution < 1.29 is 9.84 Å². The molecule has 0 aliphatic carbocycles. The van der Waals surface area contributed by atoms with Crippen LogP contribution in [0.1, 0.15) is 22.3 Å². The first-order valence-corrected chi connectivity index (χ1v) is 5.77. The van der Waals surface area contributed by atoms with E-state index < -0.39 is 0 Å². The lowest BCUT2D eigenvalue weighted by Crippen LogP contribution is -1.98. The number of aliphatic hydroxyl groups excluding tert-OH is 1. The topological polar surface area (TPSA) is 55.2 Å². The summed E-state index contributed by atoms with van der Waals surface area (Å²) in [5.41, 5.74) is 3.96. The molecule has 18 heavy (non-hydrogen) atoms. The van der Waals surface area contributed by atoms with Crippen LogP contribution in [0.25, 0.3) is 0 Å². The lowest BCUT2D eigenvalue weighted by Gasteiger charge is -2.12. The van der Waals surface area contributed by atoms with Gasteiger partial charge in [-0.3, -0.25) is 0 Å². The van der Waals surface area contributed by atoms with Crippen molar-refractivity contribution in [3.05, 3.63) is 46.9 Å². The van der Waals surface area contributed by atoms with Crippen LogP contribution in [0.5, 0.6) is 11.6 Å². The van der Waals surface area contributed by atoms with Gasteiger partial charge in [-0.25, -0.2) is 9.97 Å². The predicted octanol–water partition coefficient (Wildman–Crippen LogP) is 2.69. The highest BCUT2D eigenvalue weighted by Gasteiger charge is 2.09. The van der Waals surface area contributed by atoms with Gasteiger partial charge in [0.2, 0.25) is 5.88 Å². The molecule has 4 nitrogen and oxygen atoms in total. The molecule has 0 saturated heterocycles. The van der Waals surface area contributed by atoms with Gasteiger partial charge in [-0.2, -0.15) is 0 Å². The summed E-state index contributed by atoms with van der Waals surface area (Å²) in [6.45, 7) is 5.93. The molecule has 0 unspecified atom stereocenters. The quantitative estimate of drug-likeness (QED) is 0.901. The van der Waals surface area contributed by atoms with Gasteiger partial charge in [0.25, 0.3) is 0 Å². The molecule has 1 aromatic carbocycles. The summed E-state index contributed by atoms with van der Waals surface area (Å²) < 4.78 is 5.78. The van der Waals surface area contributed by atoms with Crippen LogP contribution in [-0.4, -0.2) is 15.1 Å². The minimum Gasteiger partial charge on any atom is -0.438 e. The Bertz CT molecular complexity index is 568. The number of aryl methyl sites for hydroxylation is 2. The molecule has 0 spiro atoms. The average molecular weight is 244 g/mol. The molecule has 0 atom stereocenters. The van der Waals surface area contributed by atoms with Gasteiger partial charge in [0.05, 0.1) is 12.2 Å². The van der Waals surface area contributed by atoms with Crippen LogP contribution in [0.2, 0.25) is 0 Å². The zero-order valence-corrected chi connectivity index (χ0v) is 10.8. The van der Waals surface area contributed by atoms with Gasteiger partial charge < -0.3 is 9.84 Å². The van der Waals surface area contributed by atoms with Crippen molar-refractivity contribution in [2.75, 3.05) is 0 Å². The number of hydrogen-bond donors (Lipinski definition) is 1. The van der Waals surface area contributed by atoms with Crippen LogP contribution in [0.15, 0.2) is 24.7 Å². The van der Waals surface area contributed by atoms with E-state index in [4.69, 9.17) is 4.74 Å². The van der Waals surface area contributed by atoms with E-state index in [0.29, 0.717) is 11.4 Å². The van der Waals surface area contributed by atoms with Crippen molar-refractivity contribution in [1.82, 2.24) is 9.97 Å². The largest absolute Gasteiger partial charge is 0.438 e. The third-order valence-corrected chi connectivity index (χ3v) is 2.89. The van der Waals surface area contributed by atoms with Crippen molar-refractivity contribution in [2.45, 2.75) is 27.4 Å². The number of ether oxygens (including phenoxy) is 1. The molecular formula is C14H16N2O2. The highest BCUT2D eigenvalue weighted by atomic mass is 16.5. The molecule has 0 amide bonds. The fourth-order valence-corrected chi connectivity index (χ4v) is 1.76. The second-order valence-electron chi connectivity index (χ2n) is 4.32. The summed E-state index contributed by atoms with van der Waals surface area (Å²) in [4.78, 5) is 7.92. The summed E-state index contributed by atoms with van der Waals surface area (Å²) in [5, 5.41) is 9.21. The van der Waals surface area contributed by atoms with Crippen molar-refractivity contribution in [3.63, 3.8) is 0 Å². The molecular weight excluding hydrogens is 228 g/mol. The van der Waals surface area contributed by atoms with Gasteiger partial charge >= 0.3 is 0 Å². The Balaban J connectivity index is 2.40. The monoisotopic (exact) mass is 244 g/mol. The summed E-state index contributed by atoms with van der Waals surface area (Å²) >= 11 is 0. The van der Waals surface area contributed by atoms with Crippen LogP contribution in [0, 0.1) is 20.8 Å². The Hall–Kier alpha value is -1.94. The van der Waals surface area contributed by atoms with Gasteiger partial charge in [0.1, 0.15) is 12.1 Å². The lowest BCUT2D eigenvalue weighted by molar-refractivity contribution is 0.274. The molecule has 1 N–H and O–H groups in total. The molecule has 0 bridgehead atoms. The lowest BCUT2D eigenvalue weighted by atomic mass is 10.1. The van der Waals surface area contributed by atoms with E-state index >= 15 is 0 Å². The van der Waals surface area contributed by atoms with Crippen molar-refractivity contribution >= 4 is 0 Å². The van der Waals surface area contributed by atoms with Gasteiger partial charge in [-0.05, 0) is 43.5 Å². The maximum atomic E-state index is 9.21. The molecule has 0 saturated carbocycles. The first kappa shape index (κ1) is 12.5. The Morgan fingerprint density at radius 3 is 2.72 bits per heavy atom. The van der Waals surface area contributed by atoms with Crippen molar-refractivity contribution in [1.29, 1.82) is 0 Å². The smallest absolute Gasteiger partial charge is 0.227 e. The second-order valence-corrected chi connectivity index (χ2v) is 4.32. The van der Waals surface area contributed by atoms with Crippen LogP contribution in [0.3, 0.4) is 0 Å². The van der Waals surface area contributed by atoms with E-state index in [1.807, 2.05) is 26.8 Å². The van der Waals surface area contributed by atoms with Crippen LogP contribution in [0.4, 0.5) is 0 Å². The average Bonchev–Trinajstić information content (AvgIpc) is 2.36. The zero-order chi connectivity index (χ0) is 13.1. The molecule has 0 aliphatic rings. The summed E-state index contributed by atoms with van der Waals surface area (Å²) in [6.07, 6.45) is 2.97. The Kier molecular flexibility index (Phi) is 3.58. The molecule has 2 rings (SSSR count). The van der Waals surface area contributed by atoms with Gasteiger partial charge in [0.15, 0.2) is 0 Å². The third kappa shape index (κ3) is 2.49. The predicted molar refractivity (Wildman–Crippen MR) is 68.7 cm³/mol. The molecule has 1 aromatic heterocycles. The maximum Gasteiger partial charge on any atom is 0.227 e. The molecule has 0 fully saturated rings. The van der Waals surface area contributed by atoms with Crippen molar-refractivity contribution in [3.8, 4) is 11.6 Å². The van der Waals surface area contributed by atoms with E-state index in [1.54, 1.807) is 6.20 Å². The number of benzene rings is 1. The molecule has 2 aromatic rings. The summed E-state index contributed by atoms with van der Waals surface area (Å²) in [5.74, 6) is 1.17. The maximum absolute atomic E-state index is 9.21. The fourth-order valence-electron chi connectivity index (χ4n) is 1.76. The summed E-state index contributed by atoms with van der Waals surface area (Å²) in [7, 11) is 0. The normalized spacial score (nSPS) is 10.4. The number of aliphatic hydroxyl groups is 1. The Morgan fingerprint density at radius 2 is 2.00 bits per heavy atom. The third-order valence-electron chi connectivity index (χ3n) is 2.89. The SMILES string of the molecule is Cc1cc(C)c(C)c(Oc2ncncc2CO)c1. The van der Waals surface area contributed by atoms with Crippen LogP contribution in [-0.2, 0) is 6.61 Å². The number of aromatic nitrogens is 2. The van der Waals surface area contributed by atoms with Crippen LogP contribution < -0.4 is 4.74 Å². The molecule has 94 valence electrons. The van der Waals surface area contributed by atoms with E-state index in [9.17, 15) is 5.11 Å². The van der Waals surface area contributed by atoms with E-state index in [2.05, 4.69) is 16.0 Å². The van der Waals surface area contributed by atoms with Gasteiger partial charge in [-0.15, -0.1) is 0 Å². The minimum atomic E-state index is -0.139. The number of nitrogens with zero attached hydrogens (tertiary/aromatic N) is 2. The highest BCUT2D eigenvalue weighted by molar-refractivity contribution is 5.44. The van der Waals surface area contributed by atoms with E-state index in [-0.39, 0.29) is 6.61 Å². The van der Waals surface area contributed by atoms with E-state index in [1.165, 1.54) is 11.9 Å². The van der Waals surface area contributed by atoms with Crippen LogP contribution >= 0.6 is 0 Å².